The van der Waals surface area contributed by atoms with E-state index in [1.54, 1.807) is 0 Å². The van der Waals surface area contributed by atoms with E-state index in [4.69, 9.17) is 0 Å². The van der Waals surface area contributed by atoms with E-state index in [-0.39, 0.29) is 0 Å². The first-order valence-corrected chi connectivity index (χ1v) is 6.62. The minimum atomic E-state index is 0.358. The molecule has 1 aromatic rings. The highest BCUT2D eigenvalue weighted by molar-refractivity contribution is 5.58. The molecule has 0 aromatic heterocycles. The van der Waals surface area contributed by atoms with Gasteiger partial charge in [-0.3, -0.25) is 4.90 Å². The Labute approximate surface area is 103 Å². The molecular formula is C15H19NO. The van der Waals surface area contributed by atoms with Crippen LogP contribution in [0.3, 0.4) is 0 Å². The molecule has 3 unspecified atom stereocenters. The van der Waals surface area contributed by atoms with Crippen LogP contribution in [-0.2, 0) is 11.3 Å². The number of rotatable bonds is 4. The summed E-state index contributed by atoms with van der Waals surface area (Å²) in [5.74, 6) is 1.01. The summed E-state index contributed by atoms with van der Waals surface area (Å²) in [5, 5.41) is 0. The fourth-order valence-corrected chi connectivity index (χ4v) is 3.19. The number of carbonyl (C=O) groups is 1. The summed E-state index contributed by atoms with van der Waals surface area (Å²) in [6.45, 7) is 2.25. The molecule has 90 valence electrons. The van der Waals surface area contributed by atoms with Crippen molar-refractivity contribution >= 4 is 6.29 Å². The predicted molar refractivity (Wildman–Crippen MR) is 67.5 cm³/mol. The van der Waals surface area contributed by atoms with E-state index in [1.165, 1.54) is 24.9 Å². The van der Waals surface area contributed by atoms with Crippen molar-refractivity contribution in [1.82, 2.24) is 4.90 Å². The molecule has 1 aliphatic carbocycles. The lowest BCUT2D eigenvalue weighted by molar-refractivity contribution is -0.109. The van der Waals surface area contributed by atoms with Gasteiger partial charge < -0.3 is 4.79 Å². The lowest BCUT2D eigenvalue weighted by atomic mass is 10.1. The van der Waals surface area contributed by atoms with Crippen LogP contribution in [0.15, 0.2) is 30.3 Å². The third-order valence-corrected chi connectivity index (χ3v) is 4.20. The van der Waals surface area contributed by atoms with E-state index in [9.17, 15) is 4.79 Å². The second-order valence-corrected chi connectivity index (χ2v) is 5.37. The Bertz CT molecular complexity index is 389. The SMILES string of the molecule is O=CC1CC1C1CCCN1Cc1ccccc1. The maximum absolute atomic E-state index is 10.8. The van der Waals surface area contributed by atoms with Gasteiger partial charge in [0.1, 0.15) is 6.29 Å². The van der Waals surface area contributed by atoms with Crippen molar-refractivity contribution in [2.45, 2.75) is 31.8 Å². The highest BCUT2D eigenvalue weighted by Crippen LogP contribution is 2.45. The van der Waals surface area contributed by atoms with Crippen LogP contribution in [0, 0.1) is 11.8 Å². The molecule has 0 spiro atoms. The van der Waals surface area contributed by atoms with Gasteiger partial charge in [0.2, 0.25) is 0 Å². The Morgan fingerprint density at radius 3 is 2.82 bits per heavy atom. The predicted octanol–water partition coefficient (Wildman–Crippen LogP) is 2.49. The molecule has 1 aromatic carbocycles. The number of likely N-dealkylation sites (tertiary alicyclic amines) is 1. The molecule has 2 aliphatic rings. The van der Waals surface area contributed by atoms with Gasteiger partial charge in [0.15, 0.2) is 0 Å². The van der Waals surface area contributed by atoms with E-state index < -0.39 is 0 Å². The van der Waals surface area contributed by atoms with Crippen LogP contribution in [0.25, 0.3) is 0 Å². The lowest BCUT2D eigenvalue weighted by Gasteiger charge is -2.24. The molecule has 2 fully saturated rings. The maximum atomic E-state index is 10.8. The Morgan fingerprint density at radius 2 is 2.12 bits per heavy atom. The largest absolute Gasteiger partial charge is 0.303 e. The van der Waals surface area contributed by atoms with Crippen LogP contribution >= 0.6 is 0 Å². The summed E-state index contributed by atoms with van der Waals surface area (Å²) < 4.78 is 0. The van der Waals surface area contributed by atoms with Crippen LogP contribution in [0.5, 0.6) is 0 Å². The first-order chi connectivity index (χ1) is 8.38. The molecule has 3 rings (SSSR count). The molecule has 2 nitrogen and oxygen atoms in total. The highest BCUT2D eigenvalue weighted by Gasteiger charge is 2.46. The van der Waals surface area contributed by atoms with Gasteiger partial charge in [-0.2, -0.15) is 0 Å². The molecule has 17 heavy (non-hydrogen) atoms. The number of carbonyl (C=O) groups excluding carboxylic acids is 1. The molecule has 1 saturated heterocycles. The second kappa shape index (κ2) is 4.61. The van der Waals surface area contributed by atoms with Crippen molar-refractivity contribution in [2.24, 2.45) is 11.8 Å². The number of nitrogens with zero attached hydrogens (tertiary/aromatic N) is 1. The number of hydrogen-bond acceptors (Lipinski definition) is 2. The van der Waals surface area contributed by atoms with E-state index in [0.29, 0.717) is 17.9 Å². The van der Waals surface area contributed by atoms with Crippen LogP contribution in [0.4, 0.5) is 0 Å². The highest BCUT2D eigenvalue weighted by atomic mass is 16.1. The van der Waals surface area contributed by atoms with Crippen molar-refractivity contribution in [3.05, 3.63) is 35.9 Å². The van der Waals surface area contributed by atoms with Gasteiger partial charge in [0, 0.05) is 18.5 Å². The molecule has 1 aliphatic heterocycles. The Morgan fingerprint density at radius 1 is 1.29 bits per heavy atom. The van der Waals surface area contributed by atoms with Gasteiger partial charge in [-0.15, -0.1) is 0 Å². The van der Waals surface area contributed by atoms with Crippen LogP contribution < -0.4 is 0 Å². The van der Waals surface area contributed by atoms with E-state index in [0.717, 1.165) is 19.3 Å². The van der Waals surface area contributed by atoms with Crippen molar-refractivity contribution in [3.63, 3.8) is 0 Å². The summed E-state index contributed by atoms with van der Waals surface area (Å²) in [6.07, 6.45) is 4.85. The minimum absolute atomic E-state index is 0.358. The summed E-state index contributed by atoms with van der Waals surface area (Å²) in [5.41, 5.74) is 1.39. The number of aldehydes is 1. The number of benzene rings is 1. The first kappa shape index (κ1) is 11.0. The molecule has 2 heteroatoms. The normalized spacial score (nSPS) is 32.6. The molecule has 1 saturated carbocycles. The average Bonchev–Trinajstić information content (AvgIpc) is 3.02. The fourth-order valence-electron chi connectivity index (χ4n) is 3.19. The molecule has 0 radical (unpaired) electrons. The quantitative estimate of drug-likeness (QED) is 0.739. The smallest absolute Gasteiger partial charge is 0.123 e. The topological polar surface area (TPSA) is 20.3 Å². The van der Waals surface area contributed by atoms with Gasteiger partial charge in [0.05, 0.1) is 0 Å². The first-order valence-electron chi connectivity index (χ1n) is 6.62. The van der Waals surface area contributed by atoms with Crippen molar-refractivity contribution in [1.29, 1.82) is 0 Å². The Kier molecular flexibility index (Phi) is 2.98. The van der Waals surface area contributed by atoms with Crippen LogP contribution in [0.1, 0.15) is 24.8 Å². The average molecular weight is 229 g/mol. The molecule has 0 bridgehead atoms. The fraction of sp³-hybridized carbons (Fsp3) is 0.533. The minimum Gasteiger partial charge on any atom is -0.303 e. The van der Waals surface area contributed by atoms with Gasteiger partial charge in [0.25, 0.3) is 0 Å². The summed E-state index contributed by atoms with van der Waals surface area (Å²) in [4.78, 5) is 13.4. The van der Waals surface area contributed by atoms with E-state index in [2.05, 4.69) is 35.2 Å². The van der Waals surface area contributed by atoms with Crippen molar-refractivity contribution in [2.75, 3.05) is 6.54 Å². The Hall–Kier alpha value is -1.15. The van der Waals surface area contributed by atoms with Crippen LogP contribution in [-0.4, -0.2) is 23.8 Å². The molecule has 1 heterocycles. The van der Waals surface area contributed by atoms with Crippen molar-refractivity contribution < 1.29 is 4.79 Å². The lowest BCUT2D eigenvalue weighted by Crippen LogP contribution is -2.31. The summed E-state index contributed by atoms with van der Waals surface area (Å²) >= 11 is 0. The van der Waals surface area contributed by atoms with Crippen molar-refractivity contribution in [3.8, 4) is 0 Å². The van der Waals surface area contributed by atoms with E-state index in [1.807, 2.05) is 0 Å². The Balaban J connectivity index is 1.65. The zero-order valence-electron chi connectivity index (χ0n) is 10.1. The second-order valence-electron chi connectivity index (χ2n) is 5.37. The maximum Gasteiger partial charge on any atom is 0.123 e. The zero-order chi connectivity index (χ0) is 11.7. The molecule has 0 N–H and O–H groups in total. The zero-order valence-corrected chi connectivity index (χ0v) is 10.1. The standard InChI is InChI=1S/C15H19NO/c17-11-13-9-14(13)15-7-4-8-16(15)10-12-5-2-1-3-6-12/h1-3,5-6,11,13-15H,4,7-10H2. The molecule has 3 atom stereocenters. The summed E-state index contributed by atoms with van der Waals surface area (Å²) in [7, 11) is 0. The van der Waals surface area contributed by atoms with Crippen LogP contribution in [0.2, 0.25) is 0 Å². The third kappa shape index (κ3) is 2.27. The molecular weight excluding hydrogens is 210 g/mol. The van der Waals surface area contributed by atoms with Gasteiger partial charge in [-0.25, -0.2) is 0 Å². The van der Waals surface area contributed by atoms with Gasteiger partial charge in [-0.05, 0) is 37.3 Å². The summed E-state index contributed by atoms with van der Waals surface area (Å²) in [6, 6.07) is 11.3. The molecule has 0 amide bonds. The van der Waals surface area contributed by atoms with Gasteiger partial charge in [-0.1, -0.05) is 30.3 Å². The monoisotopic (exact) mass is 229 g/mol. The number of hydrogen-bond donors (Lipinski definition) is 0. The van der Waals surface area contributed by atoms with E-state index >= 15 is 0 Å². The third-order valence-electron chi connectivity index (χ3n) is 4.20. The van der Waals surface area contributed by atoms with Gasteiger partial charge >= 0.3 is 0 Å².